The third kappa shape index (κ3) is 4.23. The van der Waals surface area contributed by atoms with Crippen LogP contribution in [-0.2, 0) is 15.9 Å². The van der Waals surface area contributed by atoms with E-state index in [1.165, 1.54) is 5.56 Å². The number of benzene rings is 1. The second-order valence-electron chi connectivity index (χ2n) is 5.20. The highest BCUT2D eigenvalue weighted by Crippen LogP contribution is 2.17. The van der Waals surface area contributed by atoms with Crippen molar-refractivity contribution in [3.8, 4) is 0 Å². The molecular formula is C16H23NO3. The van der Waals surface area contributed by atoms with Gasteiger partial charge < -0.3 is 14.4 Å². The standard InChI is InChI=1S/C16H23NO3/c1-3-19-16(18)17-11-13(2)20-15(12-17)10-9-14-7-5-4-6-8-14/h4-8,13,15H,3,9-12H2,1-2H3. The second kappa shape index (κ2) is 7.29. The van der Waals surface area contributed by atoms with Gasteiger partial charge in [-0.15, -0.1) is 0 Å². The number of hydrogen-bond donors (Lipinski definition) is 0. The van der Waals surface area contributed by atoms with Gasteiger partial charge in [0.25, 0.3) is 0 Å². The fourth-order valence-corrected chi connectivity index (χ4v) is 2.54. The predicted octanol–water partition coefficient (Wildman–Crippen LogP) is 2.87. The lowest BCUT2D eigenvalue weighted by molar-refractivity contribution is -0.0743. The van der Waals surface area contributed by atoms with E-state index in [0.717, 1.165) is 12.8 Å². The molecule has 1 aromatic rings. The van der Waals surface area contributed by atoms with Crippen molar-refractivity contribution in [2.75, 3.05) is 19.7 Å². The molecule has 0 N–H and O–H groups in total. The number of hydrogen-bond acceptors (Lipinski definition) is 3. The van der Waals surface area contributed by atoms with Gasteiger partial charge in [0.15, 0.2) is 0 Å². The molecule has 1 fully saturated rings. The minimum Gasteiger partial charge on any atom is -0.450 e. The molecule has 2 rings (SSSR count). The van der Waals surface area contributed by atoms with E-state index in [4.69, 9.17) is 9.47 Å². The summed E-state index contributed by atoms with van der Waals surface area (Å²) in [6.07, 6.45) is 1.81. The Bertz CT molecular complexity index is 421. The Hall–Kier alpha value is -1.55. The third-order valence-electron chi connectivity index (χ3n) is 3.45. The molecule has 0 aromatic heterocycles. The monoisotopic (exact) mass is 277 g/mol. The molecule has 0 aliphatic carbocycles. The molecular weight excluding hydrogens is 254 g/mol. The Morgan fingerprint density at radius 3 is 2.80 bits per heavy atom. The maximum absolute atomic E-state index is 11.8. The van der Waals surface area contributed by atoms with E-state index >= 15 is 0 Å². The molecule has 1 aliphatic rings. The van der Waals surface area contributed by atoms with Crippen molar-refractivity contribution in [3.63, 3.8) is 0 Å². The molecule has 1 aliphatic heterocycles. The number of morpholine rings is 1. The first-order chi connectivity index (χ1) is 9.69. The lowest BCUT2D eigenvalue weighted by atomic mass is 10.1. The highest BCUT2D eigenvalue weighted by atomic mass is 16.6. The largest absolute Gasteiger partial charge is 0.450 e. The molecule has 2 unspecified atom stereocenters. The van der Waals surface area contributed by atoms with Gasteiger partial charge in [0.2, 0.25) is 0 Å². The minimum atomic E-state index is -0.229. The van der Waals surface area contributed by atoms with Crippen LogP contribution in [0.3, 0.4) is 0 Å². The van der Waals surface area contributed by atoms with Gasteiger partial charge in [-0.05, 0) is 32.3 Å². The lowest BCUT2D eigenvalue weighted by Crippen LogP contribution is -2.49. The van der Waals surface area contributed by atoms with Crippen molar-refractivity contribution in [1.29, 1.82) is 0 Å². The zero-order valence-corrected chi connectivity index (χ0v) is 12.2. The molecule has 4 nitrogen and oxygen atoms in total. The Morgan fingerprint density at radius 1 is 1.35 bits per heavy atom. The number of nitrogens with zero attached hydrogens (tertiary/aromatic N) is 1. The molecule has 110 valence electrons. The summed E-state index contributed by atoms with van der Waals surface area (Å²) in [5.41, 5.74) is 1.30. The van der Waals surface area contributed by atoms with E-state index in [9.17, 15) is 4.79 Å². The molecule has 0 radical (unpaired) electrons. The molecule has 1 amide bonds. The van der Waals surface area contributed by atoms with Crippen molar-refractivity contribution < 1.29 is 14.3 Å². The van der Waals surface area contributed by atoms with Gasteiger partial charge in [-0.3, -0.25) is 0 Å². The number of carbonyl (C=O) groups excluding carboxylic acids is 1. The van der Waals surface area contributed by atoms with E-state index in [2.05, 4.69) is 12.1 Å². The zero-order valence-electron chi connectivity index (χ0n) is 12.2. The molecule has 1 heterocycles. The van der Waals surface area contributed by atoms with Crippen molar-refractivity contribution >= 4 is 6.09 Å². The first kappa shape index (κ1) is 14.9. The van der Waals surface area contributed by atoms with E-state index < -0.39 is 0 Å². The van der Waals surface area contributed by atoms with Crippen LogP contribution in [-0.4, -0.2) is 42.9 Å². The minimum absolute atomic E-state index is 0.0638. The van der Waals surface area contributed by atoms with Crippen molar-refractivity contribution in [3.05, 3.63) is 35.9 Å². The van der Waals surface area contributed by atoms with Crippen LogP contribution in [0.1, 0.15) is 25.8 Å². The maximum Gasteiger partial charge on any atom is 0.409 e. The maximum atomic E-state index is 11.8. The van der Waals surface area contributed by atoms with Crippen LogP contribution in [0.15, 0.2) is 30.3 Å². The number of ether oxygens (including phenoxy) is 2. The topological polar surface area (TPSA) is 38.8 Å². The van der Waals surface area contributed by atoms with Crippen molar-refractivity contribution in [1.82, 2.24) is 4.90 Å². The van der Waals surface area contributed by atoms with Crippen LogP contribution >= 0.6 is 0 Å². The Kier molecular flexibility index (Phi) is 5.41. The molecule has 0 spiro atoms. The number of rotatable bonds is 4. The molecule has 2 atom stereocenters. The molecule has 0 bridgehead atoms. The van der Waals surface area contributed by atoms with Gasteiger partial charge >= 0.3 is 6.09 Å². The lowest BCUT2D eigenvalue weighted by Gasteiger charge is -2.36. The molecule has 1 aromatic carbocycles. The first-order valence-electron chi connectivity index (χ1n) is 7.30. The van der Waals surface area contributed by atoms with Gasteiger partial charge in [-0.2, -0.15) is 0 Å². The third-order valence-corrected chi connectivity index (χ3v) is 3.45. The quantitative estimate of drug-likeness (QED) is 0.849. The smallest absolute Gasteiger partial charge is 0.409 e. The Morgan fingerprint density at radius 2 is 2.10 bits per heavy atom. The van der Waals surface area contributed by atoms with Gasteiger partial charge in [0.05, 0.1) is 31.9 Å². The fraction of sp³-hybridized carbons (Fsp3) is 0.562. The first-order valence-corrected chi connectivity index (χ1v) is 7.30. The zero-order chi connectivity index (χ0) is 14.4. The molecule has 20 heavy (non-hydrogen) atoms. The highest BCUT2D eigenvalue weighted by Gasteiger charge is 2.28. The number of carbonyl (C=O) groups is 1. The average Bonchev–Trinajstić information content (AvgIpc) is 2.46. The summed E-state index contributed by atoms with van der Waals surface area (Å²) in [5, 5.41) is 0. The van der Waals surface area contributed by atoms with E-state index in [1.54, 1.807) is 4.90 Å². The van der Waals surface area contributed by atoms with Crippen LogP contribution in [0.5, 0.6) is 0 Å². The van der Waals surface area contributed by atoms with E-state index in [1.807, 2.05) is 32.0 Å². The van der Waals surface area contributed by atoms with Gasteiger partial charge in [-0.1, -0.05) is 30.3 Å². The van der Waals surface area contributed by atoms with Gasteiger partial charge in [0, 0.05) is 0 Å². The normalized spacial score (nSPS) is 22.6. The van der Waals surface area contributed by atoms with Crippen LogP contribution in [0, 0.1) is 0 Å². The summed E-state index contributed by atoms with van der Waals surface area (Å²) in [4.78, 5) is 13.6. The summed E-state index contributed by atoms with van der Waals surface area (Å²) in [6, 6.07) is 10.4. The summed E-state index contributed by atoms with van der Waals surface area (Å²) >= 11 is 0. The summed E-state index contributed by atoms with van der Waals surface area (Å²) in [5.74, 6) is 0. The van der Waals surface area contributed by atoms with E-state index in [0.29, 0.717) is 19.7 Å². The van der Waals surface area contributed by atoms with Crippen LogP contribution in [0.2, 0.25) is 0 Å². The van der Waals surface area contributed by atoms with Crippen LogP contribution in [0.4, 0.5) is 4.79 Å². The summed E-state index contributed by atoms with van der Waals surface area (Å²) in [6.45, 7) is 5.48. The number of amides is 1. The van der Waals surface area contributed by atoms with Gasteiger partial charge in [0.1, 0.15) is 0 Å². The Balaban J connectivity index is 1.86. The molecule has 0 saturated carbocycles. The Labute approximate surface area is 120 Å². The SMILES string of the molecule is CCOC(=O)N1CC(C)OC(CCc2ccccc2)C1. The van der Waals surface area contributed by atoms with Gasteiger partial charge in [-0.25, -0.2) is 4.79 Å². The summed E-state index contributed by atoms with van der Waals surface area (Å²) in [7, 11) is 0. The number of aryl methyl sites for hydroxylation is 1. The molecule has 4 heteroatoms. The van der Waals surface area contributed by atoms with Crippen LogP contribution < -0.4 is 0 Å². The van der Waals surface area contributed by atoms with E-state index in [-0.39, 0.29) is 18.3 Å². The fourth-order valence-electron chi connectivity index (χ4n) is 2.54. The van der Waals surface area contributed by atoms with Crippen molar-refractivity contribution in [2.24, 2.45) is 0 Å². The second-order valence-corrected chi connectivity index (χ2v) is 5.20. The highest BCUT2D eigenvalue weighted by molar-refractivity contribution is 5.67. The average molecular weight is 277 g/mol. The van der Waals surface area contributed by atoms with Crippen LogP contribution in [0.25, 0.3) is 0 Å². The van der Waals surface area contributed by atoms with Crippen molar-refractivity contribution in [2.45, 2.75) is 38.9 Å². The predicted molar refractivity (Wildman–Crippen MR) is 77.7 cm³/mol. The summed E-state index contributed by atoms with van der Waals surface area (Å²) < 4.78 is 11.0. The molecule has 1 saturated heterocycles.